The van der Waals surface area contributed by atoms with Crippen LogP contribution < -0.4 is 9.64 Å². The first-order chi connectivity index (χ1) is 11.5. The average molecular weight is 332 g/mol. The topological polar surface area (TPSA) is 89.2 Å². The summed E-state index contributed by atoms with van der Waals surface area (Å²) in [5.41, 5.74) is -0.415. The molecule has 0 radical (unpaired) electrons. The van der Waals surface area contributed by atoms with Gasteiger partial charge in [0.1, 0.15) is 23.4 Å². The summed E-state index contributed by atoms with van der Waals surface area (Å²) in [7, 11) is 0. The highest BCUT2D eigenvalue weighted by atomic mass is 16.5. The Kier molecular flexibility index (Phi) is 4.66. The zero-order valence-corrected chi connectivity index (χ0v) is 14.4. The SMILES string of the molecule is CCOc1cc(N2CCCC(O)(c3cn(C(C)C)nn3)C2)ncn1. The van der Waals surface area contributed by atoms with E-state index in [1.807, 2.05) is 31.9 Å². The van der Waals surface area contributed by atoms with E-state index < -0.39 is 5.60 Å². The van der Waals surface area contributed by atoms with E-state index >= 15 is 0 Å². The zero-order chi connectivity index (χ0) is 17.2. The molecular weight excluding hydrogens is 308 g/mol. The summed E-state index contributed by atoms with van der Waals surface area (Å²) < 4.78 is 7.21. The van der Waals surface area contributed by atoms with Crippen LogP contribution in [0.15, 0.2) is 18.6 Å². The van der Waals surface area contributed by atoms with Gasteiger partial charge in [0.05, 0.1) is 19.3 Å². The van der Waals surface area contributed by atoms with E-state index in [2.05, 4.69) is 20.3 Å². The second kappa shape index (κ2) is 6.72. The van der Waals surface area contributed by atoms with Crippen LogP contribution in [0.25, 0.3) is 0 Å². The molecule has 1 unspecified atom stereocenters. The van der Waals surface area contributed by atoms with E-state index in [0.717, 1.165) is 18.8 Å². The highest BCUT2D eigenvalue weighted by molar-refractivity contribution is 5.42. The normalized spacial score (nSPS) is 21.3. The van der Waals surface area contributed by atoms with Crippen molar-refractivity contribution in [1.29, 1.82) is 0 Å². The van der Waals surface area contributed by atoms with Crippen molar-refractivity contribution >= 4 is 5.82 Å². The van der Waals surface area contributed by atoms with Gasteiger partial charge in [0.2, 0.25) is 5.88 Å². The molecule has 1 saturated heterocycles. The molecule has 0 spiro atoms. The first kappa shape index (κ1) is 16.6. The third-order valence-corrected chi connectivity index (χ3v) is 4.23. The van der Waals surface area contributed by atoms with Gasteiger partial charge in [-0.1, -0.05) is 5.21 Å². The van der Waals surface area contributed by atoms with Crippen LogP contribution in [0.3, 0.4) is 0 Å². The maximum atomic E-state index is 11.1. The lowest BCUT2D eigenvalue weighted by molar-refractivity contribution is 0.0174. The van der Waals surface area contributed by atoms with Gasteiger partial charge in [-0.25, -0.2) is 14.6 Å². The van der Waals surface area contributed by atoms with E-state index in [1.54, 1.807) is 10.7 Å². The molecule has 1 aliphatic heterocycles. The number of anilines is 1. The summed E-state index contributed by atoms with van der Waals surface area (Å²) in [4.78, 5) is 10.5. The molecular formula is C16H24N6O2. The van der Waals surface area contributed by atoms with Gasteiger partial charge in [-0.2, -0.15) is 0 Å². The van der Waals surface area contributed by atoms with E-state index in [9.17, 15) is 5.11 Å². The predicted molar refractivity (Wildman–Crippen MR) is 89.0 cm³/mol. The van der Waals surface area contributed by atoms with Crippen molar-refractivity contribution in [2.75, 3.05) is 24.6 Å². The van der Waals surface area contributed by atoms with Crippen molar-refractivity contribution in [1.82, 2.24) is 25.0 Å². The maximum absolute atomic E-state index is 11.1. The van der Waals surface area contributed by atoms with Crippen molar-refractivity contribution < 1.29 is 9.84 Å². The molecule has 0 amide bonds. The fraction of sp³-hybridized carbons (Fsp3) is 0.625. The van der Waals surface area contributed by atoms with Crippen LogP contribution in [-0.4, -0.2) is 49.8 Å². The Morgan fingerprint density at radius 2 is 2.21 bits per heavy atom. The standard InChI is InChI=1S/C16H24N6O2/c1-4-24-15-8-14(17-11-18-15)21-7-5-6-16(23,10-21)13-9-22(12(2)3)20-19-13/h8-9,11-12,23H,4-7,10H2,1-3H3. The molecule has 3 heterocycles. The van der Waals surface area contributed by atoms with Crippen LogP contribution in [-0.2, 0) is 5.60 Å². The minimum Gasteiger partial charge on any atom is -0.478 e. The van der Waals surface area contributed by atoms with Gasteiger partial charge in [0.15, 0.2) is 0 Å². The second-order valence-corrected chi connectivity index (χ2v) is 6.38. The number of hydrogen-bond donors (Lipinski definition) is 1. The van der Waals surface area contributed by atoms with Gasteiger partial charge in [-0.3, -0.25) is 0 Å². The first-order valence-corrected chi connectivity index (χ1v) is 8.36. The molecule has 8 heteroatoms. The van der Waals surface area contributed by atoms with Crippen LogP contribution >= 0.6 is 0 Å². The number of aliphatic hydroxyl groups is 1. The molecule has 0 bridgehead atoms. The number of hydrogen-bond acceptors (Lipinski definition) is 7. The van der Waals surface area contributed by atoms with Crippen molar-refractivity contribution in [3.05, 3.63) is 24.3 Å². The summed E-state index contributed by atoms with van der Waals surface area (Å²) in [5, 5.41) is 19.4. The largest absolute Gasteiger partial charge is 0.478 e. The predicted octanol–water partition coefficient (Wildman–Crippen LogP) is 1.54. The molecule has 2 aromatic heterocycles. The zero-order valence-electron chi connectivity index (χ0n) is 14.4. The Morgan fingerprint density at radius 3 is 2.92 bits per heavy atom. The Labute approximate surface area is 141 Å². The van der Waals surface area contributed by atoms with E-state index in [1.165, 1.54) is 6.33 Å². The lowest BCUT2D eigenvalue weighted by Gasteiger charge is -2.38. The molecule has 0 aromatic carbocycles. The summed E-state index contributed by atoms with van der Waals surface area (Å²) in [6.07, 6.45) is 4.82. The quantitative estimate of drug-likeness (QED) is 0.888. The summed E-state index contributed by atoms with van der Waals surface area (Å²) in [5.74, 6) is 1.30. The second-order valence-electron chi connectivity index (χ2n) is 6.38. The van der Waals surface area contributed by atoms with Gasteiger partial charge in [0.25, 0.3) is 0 Å². The third-order valence-electron chi connectivity index (χ3n) is 4.23. The number of β-amino-alcohol motifs (C(OH)–C–C–N with tert-alkyl or cyclic N) is 1. The van der Waals surface area contributed by atoms with Gasteiger partial charge in [-0.15, -0.1) is 5.10 Å². The summed E-state index contributed by atoms with van der Waals surface area (Å²) in [6, 6.07) is 2.02. The monoisotopic (exact) mass is 332 g/mol. The highest BCUT2D eigenvalue weighted by Crippen LogP contribution is 2.32. The van der Waals surface area contributed by atoms with Crippen molar-refractivity contribution in [2.24, 2.45) is 0 Å². The Balaban J connectivity index is 1.81. The van der Waals surface area contributed by atoms with E-state index in [0.29, 0.717) is 31.1 Å². The fourth-order valence-electron chi connectivity index (χ4n) is 2.91. The van der Waals surface area contributed by atoms with E-state index in [4.69, 9.17) is 4.74 Å². The molecule has 1 aliphatic rings. The van der Waals surface area contributed by atoms with Crippen molar-refractivity contribution in [2.45, 2.75) is 45.3 Å². The Morgan fingerprint density at radius 1 is 1.38 bits per heavy atom. The first-order valence-electron chi connectivity index (χ1n) is 8.36. The Bertz CT molecular complexity index is 689. The molecule has 1 N–H and O–H groups in total. The van der Waals surface area contributed by atoms with Gasteiger partial charge in [-0.05, 0) is 33.6 Å². The van der Waals surface area contributed by atoms with Crippen LogP contribution in [0, 0.1) is 0 Å². The maximum Gasteiger partial charge on any atom is 0.218 e. The lowest BCUT2D eigenvalue weighted by Crippen LogP contribution is -2.46. The van der Waals surface area contributed by atoms with Crippen LogP contribution in [0.2, 0.25) is 0 Å². The average Bonchev–Trinajstić information content (AvgIpc) is 3.07. The molecule has 3 rings (SSSR count). The number of nitrogens with zero attached hydrogens (tertiary/aromatic N) is 6. The molecule has 8 nitrogen and oxygen atoms in total. The van der Waals surface area contributed by atoms with Crippen molar-refractivity contribution in [3.63, 3.8) is 0 Å². The van der Waals surface area contributed by atoms with Gasteiger partial charge in [0, 0.05) is 18.7 Å². The van der Waals surface area contributed by atoms with Gasteiger partial charge < -0.3 is 14.7 Å². The lowest BCUT2D eigenvalue weighted by atomic mass is 9.90. The molecule has 2 aromatic rings. The number of rotatable bonds is 5. The van der Waals surface area contributed by atoms with Gasteiger partial charge >= 0.3 is 0 Å². The number of aromatic nitrogens is 5. The highest BCUT2D eigenvalue weighted by Gasteiger charge is 2.38. The molecule has 130 valence electrons. The minimum absolute atomic E-state index is 0.213. The molecule has 24 heavy (non-hydrogen) atoms. The minimum atomic E-state index is -1.03. The molecule has 1 atom stereocenters. The van der Waals surface area contributed by atoms with Crippen LogP contribution in [0.5, 0.6) is 5.88 Å². The van der Waals surface area contributed by atoms with Crippen molar-refractivity contribution in [3.8, 4) is 5.88 Å². The molecule has 0 aliphatic carbocycles. The number of ether oxygens (including phenoxy) is 1. The summed E-state index contributed by atoms with van der Waals surface area (Å²) in [6.45, 7) is 7.78. The van der Waals surface area contributed by atoms with Crippen LogP contribution in [0.1, 0.15) is 45.3 Å². The molecule has 0 saturated carbocycles. The third kappa shape index (κ3) is 3.33. The fourth-order valence-corrected chi connectivity index (χ4v) is 2.91. The molecule has 1 fully saturated rings. The van der Waals surface area contributed by atoms with E-state index in [-0.39, 0.29) is 6.04 Å². The Hall–Kier alpha value is -2.22. The number of piperidine rings is 1. The smallest absolute Gasteiger partial charge is 0.218 e. The summed E-state index contributed by atoms with van der Waals surface area (Å²) >= 11 is 0. The van der Waals surface area contributed by atoms with Crippen LogP contribution in [0.4, 0.5) is 5.82 Å².